The Morgan fingerprint density at radius 1 is 1.21 bits per heavy atom. The van der Waals surface area contributed by atoms with Crippen molar-refractivity contribution in [3.63, 3.8) is 0 Å². The first-order chi connectivity index (χ1) is 13.0. The van der Waals surface area contributed by atoms with Gasteiger partial charge in [0.15, 0.2) is 0 Å². The minimum atomic E-state index is -0.933. The third kappa shape index (κ3) is 7.85. The minimum absolute atomic E-state index is 0.00316. The molecule has 1 rings (SSSR count). The number of likely N-dealkylation sites (N-methyl/N-ethyl adjacent to an activating group) is 1. The van der Waals surface area contributed by atoms with Gasteiger partial charge in [-0.2, -0.15) is 0 Å². The van der Waals surface area contributed by atoms with E-state index >= 15 is 0 Å². The highest BCUT2D eigenvalue weighted by Gasteiger charge is 2.29. The summed E-state index contributed by atoms with van der Waals surface area (Å²) in [6, 6.07) is 5.26. The summed E-state index contributed by atoms with van der Waals surface area (Å²) in [5, 5.41) is 15.0. The summed E-state index contributed by atoms with van der Waals surface area (Å²) >= 11 is 0. The smallest absolute Gasteiger partial charge is 0.408 e. The number of aromatic hydroxyl groups is 1. The lowest BCUT2D eigenvalue weighted by Crippen LogP contribution is -2.46. The first kappa shape index (κ1) is 23.3. The summed E-state index contributed by atoms with van der Waals surface area (Å²) in [7, 11) is 1.48. The highest BCUT2D eigenvalue weighted by molar-refractivity contribution is 5.90. The van der Waals surface area contributed by atoms with Crippen LogP contribution in [0.4, 0.5) is 4.79 Å². The number of nitrogens with one attached hydrogen (secondary N) is 2. The SMILES string of the molecule is CCCCNC(=O)C(c1cccc(O)c1)N(C)C(=O)CNC(=O)OC(C)(C)C. The van der Waals surface area contributed by atoms with Crippen LogP contribution in [0.5, 0.6) is 5.75 Å². The molecule has 28 heavy (non-hydrogen) atoms. The molecule has 0 aromatic heterocycles. The van der Waals surface area contributed by atoms with Gasteiger partial charge < -0.3 is 25.4 Å². The van der Waals surface area contributed by atoms with E-state index in [1.807, 2.05) is 6.92 Å². The van der Waals surface area contributed by atoms with Crippen molar-refractivity contribution in [2.24, 2.45) is 0 Å². The summed E-state index contributed by atoms with van der Waals surface area (Å²) in [6.07, 6.45) is 1.03. The standard InChI is InChI=1S/C20H31N3O5/c1-6-7-11-21-18(26)17(14-9-8-10-15(24)12-14)23(5)16(25)13-22-19(27)28-20(2,3)4/h8-10,12,17,24H,6-7,11,13H2,1-5H3,(H,21,26)(H,22,27). The van der Waals surface area contributed by atoms with Crippen molar-refractivity contribution in [1.82, 2.24) is 15.5 Å². The fourth-order valence-corrected chi connectivity index (χ4v) is 2.46. The van der Waals surface area contributed by atoms with Gasteiger partial charge in [-0.25, -0.2) is 4.79 Å². The summed E-state index contributed by atoms with van der Waals surface area (Å²) < 4.78 is 5.11. The maximum absolute atomic E-state index is 12.7. The number of nitrogens with zero attached hydrogens (tertiary/aromatic N) is 1. The summed E-state index contributed by atoms with van der Waals surface area (Å²) in [4.78, 5) is 38.3. The molecule has 1 atom stereocenters. The minimum Gasteiger partial charge on any atom is -0.508 e. The molecule has 0 spiro atoms. The van der Waals surface area contributed by atoms with Crippen LogP contribution < -0.4 is 10.6 Å². The second-order valence-electron chi connectivity index (χ2n) is 7.50. The highest BCUT2D eigenvalue weighted by Crippen LogP contribution is 2.23. The van der Waals surface area contributed by atoms with Gasteiger partial charge in [0.05, 0.1) is 0 Å². The summed E-state index contributed by atoms with van der Waals surface area (Å²) in [5.74, 6) is -0.825. The fraction of sp³-hybridized carbons (Fsp3) is 0.550. The Labute approximate surface area is 166 Å². The number of unbranched alkanes of at least 4 members (excludes halogenated alkanes) is 1. The van der Waals surface area contributed by atoms with Gasteiger partial charge in [0.25, 0.3) is 0 Å². The Kier molecular flexibility index (Phi) is 8.76. The molecule has 1 unspecified atom stereocenters. The van der Waals surface area contributed by atoms with Crippen LogP contribution in [0.3, 0.4) is 0 Å². The average Bonchev–Trinajstić information content (AvgIpc) is 2.58. The fourth-order valence-electron chi connectivity index (χ4n) is 2.46. The van der Waals surface area contributed by atoms with E-state index in [9.17, 15) is 19.5 Å². The van der Waals surface area contributed by atoms with E-state index in [1.54, 1.807) is 32.9 Å². The largest absolute Gasteiger partial charge is 0.508 e. The van der Waals surface area contributed by atoms with Crippen LogP contribution >= 0.6 is 0 Å². The van der Waals surface area contributed by atoms with Crippen molar-refractivity contribution in [3.8, 4) is 5.75 Å². The van der Waals surface area contributed by atoms with Crippen LogP contribution in [-0.4, -0.2) is 53.7 Å². The average molecular weight is 393 g/mol. The van der Waals surface area contributed by atoms with Gasteiger partial charge in [0, 0.05) is 13.6 Å². The predicted octanol–water partition coefficient (Wildman–Crippen LogP) is 2.33. The predicted molar refractivity (Wildman–Crippen MR) is 106 cm³/mol. The third-order valence-electron chi connectivity index (χ3n) is 3.83. The molecule has 0 bridgehead atoms. The number of rotatable bonds is 8. The van der Waals surface area contributed by atoms with E-state index in [-0.39, 0.29) is 18.2 Å². The lowest BCUT2D eigenvalue weighted by Gasteiger charge is -2.28. The van der Waals surface area contributed by atoms with Crippen LogP contribution in [0.15, 0.2) is 24.3 Å². The lowest BCUT2D eigenvalue weighted by atomic mass is 10.0. The van der Waals surface area contributed by atoms with Crippen molar-refractivity contribution >= 4 is 17.9 Å². The monoisotopic (exact) mass is 393 g/mol. The maximum atomic E-state index is 12.7. The van der Waals surface area contributed by atoms with E-state index in [0.717, 1.165) is 12.8 Å². The molecule has 1 aromatic carbocycles. The van der Waals surface area contributed by atoms with E-state index < -0.39 is 23.6 Å². The number of hydrogen-bond donors (Lipinski definition) is 3. The molecule has 1 aromatic rings. The Morgan fingerprint density at radius 2 is 1.89 bits per heavy atom. The van der Waals surface area contributed by atoms with Crippen molar-refractivity contribution < 1.29 is 24.2 Å². The van der Waals surface area contributed by atoms with E-state index in [1.165, 1.54) is 24.1 Å². The summed E-state index contributed by atoms with van der Waals surface area (Å²) in [5.41, 5.74) is -0.204. The van der Waals surface area contributed by atoms with Crippen LogP contribution in [0.25, 0.3) is 0 Å². The van der Waals surface area contributed by atoms with Gasteiger partial charge in [0.2, 0.25) is 11.8 Å². The number of hydrogen-bond acceptors (Lipinski definition) is 5. The van der Waals surface area contributed by atoms with Gasteiger partial charge in [-0.3, -0.25) is 9.59 Å². The Hall–Kier alpha value is -2.77. The molecule has 0 saturated heterocycles. The van der Waals surface area contributed by atoms with Crippen LogP contribution in [0.2, 0.25) is 0 Å². The number of phenolic OH excluding ortho intramolecular Hbond substituents is 1. The van der Waals surface area contributed by atoms with Gasteiger partial charge in [-0.05, 0) is 44.9 Å². The molecule has 0 heterocycles. The number of amides is 3. The van der Waals surface area contributed by atoms with Gasteiger partial charge in [0.1, 0.15) is 23.9 Å². The Balaban J connectivity index is 2.88. The zero-order valence-electron chi connectivity index (χ0n) is 17.2. The van der Waals surface area contributed by atoms with Crippen molar-refractivity contribution in [1.29, 1.82) is 0 Å². The number of phenols is 1. The molecule has 8 heteroatoms. The molecule has 3 amide bonds. The maximum Gasteiger partial charge on any atom is 0.408 e. The molecular formula is C20H31N3O5. The first-order valence-corrected chi connectivity index (χ1v) is 9.34. The molecule has 0 aliphatic carbocycles. The van der Waals surface area contributed by atoms with Crippen LogP contribution in [0.1, 0.15) is 52.1 Å². The van der Waals surface area contributed by atoms with E-state index in [2.05, 4.69) is 10.6 Å². The van der Waals surface area contributed by atoms with Crippen molar-refractivity contribution in [2.45, 2.75) is 52.2 Å². The van der Waals surface area contributed by atoms with E-state index in [4.69, 9.17) is 4.74 Å². The molecule has 156 valence electrons. The van der Waals surface area contributed by atoms with Crippen molar-refractivity contribution in [3.05, 3.63) is 29.8 Å². The molecule has 8 nitrogen and oxygen atoms in total. The van der Waals surface area contributed by atoms with Gasteiger partial charge in [-0.15, -0.1) is 0 Å². The number of carbonyl (C=O) groups is 3. The van der Waals surface area contributed by atoms with Crippen LogP contribution in [0, 0.1) is 0 Å². The molecule has 0 aliphatic heterocycles. The Morgan fingerprint density at radius 3 is 2.46 bits per heavy atom. The number of alkyl carbamates (subject to hydrolysis) is 1. The highest BCUT2D eigenvalue weighted by atomic mass is 16.6. The number of carbonyl (C=O) groups excluding carboxylic acids is 3. The Bertz CT molecular complexity index is 685. The summed E-state index contributed by atoms with van der Waals surface area (Å²) in [6.45, 7) is 7.35. The zero-order chi connectivity index (χ0) is 21.3. The number of ether oxygens (including phenoxy) is 1. The normalized spacial score (nSPS) is 12.0. The molecule has 0 aliphatic rings. The van der Waals surface area contributed by atoms with Crippen molar-refractivity contribution in [2.75, 3.05) is 20.1 Å². The topological polar surface area (TPSA) is 108 Å². The first-order valence-electron chi connectivity index (χ1n) is 9.34. The molecule has 0 radical (unpaired) electrons. The van der Waals surface area contributed by atoms with Gasteiger partial charge in [-0.1, -0.05) is 25.5 Å². The third-order valence-corrected chi connectivity index (χ3v) is 3.83. The quantitative estimate of drug-likeness (QED) is 0.588. The molecule has 3 N–H and O–H groups in total. The zero-order valence-corrected chi connectivity index (χ0v) is 17.2. The second-order valence-corrected chi connectivity index (χ2v) is 7.50. The molecule has 0 fully saturated rings. The van der Waals surface area contributed by atoms with E-state index in [0.29, 0.717) is 12.1 Å². The number of benzene rings is 1. The van der Waals surface area contributed by atoms with Crippen LogP contribution in [-0.2, 0) is 14.3 Å². The molecular weight excluding hydrogens is 362 g/mol. The van der Waals surface area contributed by atoms with Gasteiger partial charge >= 0.3 is 6.09 Å². The molecule has 0 saturated carbocycles. The second kappa shape index (κ2) is 10.5. The lowest BCUT2D eigenvalue weighted by molar-refractivity contribution is -0.138.